The molecular weight excluding hydrogens is 354 g/mol. The van der Waals surface area contributed by atoms with Crippen LogP contribution < -0.4 is 9.46 Å². The SMILES string of the molecule is CN1CCN(S(=O)(=O)N[C@H](c2ccc3c(c2)CCO3)C2CC(O)C2)CC1. The second-order valence-corrected chi connectivity index (χ2v) is 9.36. The number of nitrogens with zero attached hydrogens (tertiary/aromatic N) is 2. The molecule has 0 aromatic heterocycles. The summed E-state index contributed by atoms with van der Waals surface area (Å²) in [6.45, 7) is 3.17. The number of aliphatic hydroxyl groups is 1. The third-order valence-corrected chi connectivity index (χ3v) is 7.37. The van der Waals surface area contributed by atoms with Crippen LogP contribution in [0.5, 0.6) is 5.75 Å². The maximum absolute atomic E-state index is 12.9. The second-order valence-electron chi connectivity index (χ2n) is 7.65. The van der Waals surface area contributed by atoms with Crippen LogP contribution in [-0.2, 0) is 16.6 Å². The lowest BCUT2D eigenvalue weighted by Gasteiger charge is -2.40. The molecule has 1 aliphatic carbocycles. The normalized spacial score (nSPS) is 28.2. The number of piperazine rings is 1. The van der Waals surface area contributed by atoms with Crippen LogP contribution in [-0.4, -0.2) is 68.7 Å². The Hall–Kier alpha value is -1.19. The molecule has 26 heavy (non-hydrogen) atoms. The van der Waals surface area contributed by atoms with E-state index in [0.717, 1.165) is 36.4 Å². The molecule has 2 aliphatic heterocycles. The fourth-order valence-corrected chi connectivity index (χ4v) is 5.44. The summed E-state index contributed by atoms with van der Waals surface area (Å²) >= 11 is 0. The number of benzene rings is 1. The predicted molar refractivity (Wildman–Crippen MR) is 98.2 cm³/mol. The van der Waals surface area contributed by atoms with Gasteiger partial charge in [-0.05, 0) is 43.0 Å². The Morgan fingerprint density at radius 2 is 1.96 bits per heavy atom. The summed E-state index contributed by atoms with van der Waals surface area (Å²) in [6.07, 6.45) is 1.79. The third-order valence-electron chi connectivity index (χ3n) is 5.77. The van der Waals surface area contributed by atoms with E-state index in [0.29, 0.717) is 32.5 Å². The Morgan fingerprint density at radius 3 is 2.65 bits per heavy atom. The molecular formula is C18H27N3O4S. The van der Waals surface area contributed by atoms with Crippen molar-refractivity contribution in [1.82, 2.24) is 13.9 Å². The summed E-state index contributed by atoms with van der Waals surface area (Å²) in [5.74, 6) is 1.01. The minimum Gasteiger partial charge on any atom is -0.493 e. The molecule has 2 heterocycles. The minimum atomic E-state index is -3.56. The number of hydrogen-bond donors (Lipinski definition) is 2. The molecule has 1 saturated heterocycles. The molecule has 1 saturated carbocycles. The van der Waals surface area contributed by atoms with Gasteiger partial charge in [-0.1, -0.05) is 12.1 Å². The number of rotatable bonds is 5. The van der Waals surface area contributed by atoms with Crippen molar-refractivity contribution in [1.29, 1.82) is 0 Å². The molecule has 1 aromatic rings. The zero-order valence-corrected chi connectivity index (χ0v) is 15.9. The van der Waals surface area contributed by atoms with Crippen LogP contribution in [0.2, 0.25) is 0 Å². The highest BCUT2D eigenvalue weighted by Gasteiger charge is 2.39. The number of ether oxygens (including phenoxy) is 1. The first-order valence-electron chi connectivity index (χ1n) is 9.32. The average molecular weight is 381 g/mol. The smallest absolute Gasteiger partial charge is 0.280 e. The number of hydrogen-bond acceptors (Lipinski definition) is 5. The summed E-state index contributed by atoms with van der Waals surface area (Å²) in [5.41, 5.74) is 2.09. The Balaban J connectivity index is 1.56. The first-order chi connectivity index (χ1) is 12.4. The molecule has 2 N–H and O–H groups in total. The number of aliphatic hydroxyl groups excluding tert-OH is 1. The van der Waals surface area contributed by atoms with Crippen LogP contribution >= 0.6 is 0 Å². The molecule has 0 amide bonds. The zero-order valence-electron chi connectivity index (χ0n) is 15.1. The zero-order chi connectivity index (χ0) is 18.3. The van der Waals surface area contributed by atoms with Gasteiger partial charge in [-0.15, -0.1) is 0 Å². The fourth-order valence-electron chi connectivity index (χ4n) is 4.00. The number of nitrogens with one attached hydrogen (secondary N) is 1. The van der Waals surface area contributed by atoms with Crippen molar-refractivity contribution in [3.63, 3.8) is 0 Å². The van der Waals surface area contributed by atoms with Crippen LogP contribution in [0, 0.1) is 5.92 Å². The summed E-state index contributed by atoms with van der Waals surface area (Å²) in [4.78, 5) is 2.13. The van der Waals surface area contributed by atoms with E-state index in [9.17, 15) is 13.5 Å². The summed E-state index contributed by atoms with van der Waals surface area (Å²) in [5, 5.41) is 9.73. The Morgan fingerprint density at radius 1 is 1.23 bits per heavy atom. The van der Waals surface area contributed by atoms with Gasteiger partial charge in [0, 0.05) is 32.6 Å². The molecule has 8 heteroatoms. The summed E-state index contributed by atoms with van der Waals surface area (Å²) in [7, 11) is -1.56. The van der Waals surface area contributed by atoms with Crippen LogP contribution in [0.3, 0.4) is 0 Å². The topological polar surface area (TPSA) is 82.1 Å². The van der Waals surface area contributed by atoms with Crippen molar-refractivity contribution < 1.29 is 18.3 Å². The largest absolute Gasteiger partial charge is 0.493 e. The van der Waals surface area contributed by atoms with Crippen LogP contribution in [0.4, 0.5) is 0 Å². The summed E-state index contributed by atoms with van der Waals surface area (Å²) < 4.78 is 35.9. The van der Waals surface area contributed by atoms with Crippen molar-refractivity contribution in [2.45, 2.75) is 31.4 Å². The highest BCUT2D eigenvalue weighted by Crippen LogP contribution is 2.40. The maximum Gasteiger partial charge on any atom is 0.280 e. The van der Waals surface area contributed by atoms with Crippen molar-refractivity contribution >= 4 is 10.2 Å². The third kappa shape index (κ3) is 3.61. The highest BCUT2D eigenvalue weighted by atomic mass is 32.2. The quantitative estimate of drug-likeness (QED) is 0.777. The van der Waals surface area contributed by atoms with Gasteiger partial charge < -0.3 is 14.7 Å². The molecule has 2 fully saturated rings. The van der Waals surface area contributed by atoms with E-state index in [2.05, 4.69) is 15.7 Å². The minimum absolute atomic E-state index is 0.118. The first-order valence-corrected chi connectivity index (χ1v) is 10.8. The van der Waals surface area contributed by atoms with Gasteiger partial charge in [-0.2, -0.15) is 17.4 Å². The number of likely N-dealkylation sites (N-methyl/N-ethyl adjacent to an activating group) is 1. The van der Waals surface area contributed by atoms with Gasteiger partial charge in [0.1, 0.15) is 5.75 Å². The molecule has 4 rings (SSSR count). The van der Waals surface area contributed by atoms with Gasteiger partial charge in [0.25, 0.3) is 10.2 Å². The van der Waals surface area contributed by atoms with Gasteiger partial charge in [0.2, 0.25) is 0 Å². The fraction of sp³-hybridized carbons (Fsp3) is 0.667. The van der Waals surface area contributed by atoms with Crippen molar-refractivity contribution in [2.24, 2.45) is 5.92 Å². The van der Waals surface area contributed by atoms with Crippen molar-refractivity contribution in [2.75, 3.05) is 39.8 Å². The Bertz CT molecular complexity index is 756. The van der Waals surface area contributed by atoms with Crippen LogP contribution in [0.1, 0.15) is 30.0 Å². The van der Waals surface area contributed by atoms with E-state index >= 15 is 0 Å². The molecule has 3 aliphatic rings. The van der Waals surface area contributed by atoms with E-state index in [4.69, 9.17) is 4.74 Å². The van der Waals surface area contributed by atoms with E-state index in [1.54, 1.807) is 0 Å². The number of fused-ring (bicyclic) bond motifs is 1. The van der Waals surface area contributed by atoms with Gasteiger partial charge in [-0.25, -0.2) is 0 Å². The standard InChI is InChI=1S/C18H27N3O4S/c1-20-5-7-21(8-6-20)26(23,24)19-18(15-11-16(22)12-15)14-2-3-17-13(10-14)4-9-25-17/h2-3,10,15-16,18-19,22H,4-9,11-12H2,1H3/t15?,16?,18-/m1/s1. The molecule has 0 bridgehead atoms. The van der Waals surface area contributed by atoms with Crippen molar-refractivity contribution in [3.05, 3.63) is 29.3 Å². The molecule has 0 spiro atoms. The van der Waals surface area contributed by atoms with Gasteiger partial charge in [-0.3, -0.25) is 0 Å². The van der Waals surface area contributed by atoms with Crippen LogP contribution in [0.15, 0.2) is 18.2 Å². The molecule has 1 atom stereocenters. The Kier molecular flexibility index (Phi) is 4.96. The summed E-state index contributed by atoms with van der Waals surface area (Å²) in [6, 6.07) is 5.63. The second kappa shape index (κ2) is 7.09. The predicted octanol–water partition coefficient (Wildman–Crippen LogP) is 0.515. The molecule has 144 valence electrons. The average Bonchev–Trinajstić information content (AvgIpc) is 3.05. The highest BCUT2D eigenvalue weighted by molar-refractivity contribution is 7.87. The maximum atomic E-state index is 12.9. The lowest BCUT2D eigenvalue weighted by atomic mass is 9.75. The monoisotopic (exact) mass is 381 g/mol. The first kappa shape index (κ1) is 18.2. The van der Waals surface area contributed by atoms with E-state index < -0.39 is 10.2 Å². The van der Waals surface area contributed by atoms with E-state index in [-0.39, 0.29) is 18.1 Å². The lowest BCUT2D eigenvalue weighted by Crippen LogP contribution is -2.53. The van der Waals surface area contributed by atoms with Crippen LogP contribution in [0.25, 0.3) is 0 Å². The molecule has 1 aromatic carbocycles. The lowest BCUT2D eigenvalue weighted by molar-refractivity contribution is 0.0276. The van der Waals surface area contributed by atoms with Gasteiger partial charge in [0.15, 0.2) is 0 Å². The van der Waals surface area contributed by atoms with E-state index in [1.165, 1.54) is 4.31 Å². The Labute approximate surface area is 155 Å². The van der Waals surface area contributed by atoms with Gasteiger partial charge >= 0.3 is 0 Å². The van der Waals surface area contributed by atoms with Gasteiger partial charge in [0.05, 0.1) is 18.8 Å². The molecule has 7 nitrogen and oxygen atoms in total. The molecule has 0 radical (unpaired) electrons. The van der Waals surface area contributed by atoms with E-state index in [1.807, 2.05) is 19.2 Å². The molecule has 0 unspecified atom stereocenters. The van der Waals surface area contributed by atoms with Crippen molar-refractivity contribution in [3.8, 4) is 5.75 Å².